The molecule has 1 heterocycles. The first-order chi connectivity index (χ1) is 12.1. The van der Waals surface area contributed by atoms with E-state index in [0.717, 1.165) is 5.69 Å². The van der Waals surface area contributed by atoms with Crippen molar-refractivity contribution in [1.29, 1.82) is 0 Å². The molecule has 1 fully saturated rings. The first-order valence-corrected chi connectivity index (χ1v) is 8.87. The SMILES string of the molecule is CN(C)c1ccc(C2OC2OC(CS(=O)(=O)O)(C(F)(F)F)C(F)(F)F)cc1. The molecule has 1 aromatic rings. The Morgan fingerprint density at radius 1 is 1.07 bits per heavy atom. The number of benzene rings is 1. The monoisotopic (exact) mass is 423 g/mol. The lowest BCUT2D eigenvalue weighted by Crippen LogP contribution is -2.63. The molecule has 2 atom stereocenters. The molecule has 1 saturated heterocycles. The fraction of sp³-hybridized carbons (Fsp3) is 0.571. The van der Waals surface area contributed by atoms with E-state index in [2.05, 4.69) is 4.74 Å². The molecule has 1 N–H and O–H groups in total. The number of halogens is 6. The van der Waals surface area contributed by atoms with Crippen LogP contribution in [-0.4, -0.2) is 57.1 Å². The van der Waals surface area contributed by atoms with E-state index in [9.17, 15) is 34.8 Å². The second kappa shape index (κ2) is 6.79. The van der Waals surface area contributed by atoms with Crippen LogP contribution >= 0.6 is 0 Å². The van der Waals surface area contributed by atoms with Crippen molar-refractivity contribution >= 4 is 15.8 Å². The van der Waals surface area contributed by atoms with E-state index >= 15 is 0 Å². The van der Waals surface area contributed by atoms with Crippen LogP contribution in [0, 0.1) is 0 Å². The molecule has 0 aliphatic carbocycles. The Bertz CT molecular complexity index is 761. The Kier molecular flexibility index (Phi) is 5.47. The molecule has 0 amide bonds. The number of nitrogens with zero attached hydrogens (tertiary/aromatic N) is 1. The van der Waals surface area contributed by atoms with Crippen molar-refractivity contribution < 1.29 is 48.8 Å². The first-order valence-electron chi connectivity index (χ1n) is 7.26. The van der Waals surface area contributed by atoms with Gasteiger partial charge in [-0.05, 0) is 17.7 Å². The van der Waals surface area contributed by atoms with E-state index in [0.29, 0.717) is 0 Å². The second-order valence-corrected chi connectivity index (χ2v) is 7.53. The molecule has 0 saturated carbocycles. The molecule has 13 heteroatoms. The zero-order valence-corrected chi connectivity index (χ0v) is 14.7. The van der Waals surface area contributed by atoms with Gasteiger partial charge in [0.15, 0.2) is 6.29 Å². The van der Waals surface area contributed by atoms with Gasteiger partial charge in [-0.1, -0.05) is 12.1 Å². The smallest absolute Gasteiger partial charge is 0.378 e. The maximum atomic E-state index is 13.2. The average molecular weight is 423 g/mol. The Balaban J connectivity index is 2.29. The van der Waals surface area contributed by atoms with Crippen LogP contribution in [-0.2, 0) is 19.6 Å². The van der Waals surface area contributed by atoms with Crippen LogP contribution in [0.15, 0.2) is 24.3 Å². The van der Waals surface area contributed by atoms with Crippen LogP contribution in [0.2, 0.25) is 0 Å². The second-order valence-electron chi connectivity index (χ2n) is 6.08. The summed E-state index contributed by atoms with van der Waals surface area (Å²) in [5.74, 6) is -2.74. The number of anilines is 1. The highest BCUT2D eigenvalue weighted by atomic mass is 32.2. The highest BCUT2D eigenvalue weighted by molar-refractivity contribution is 7.85. The van der Waals surface area contributed by atoms with Crippen molar-refractivity contribution in [2.75, 3.05) is 24.7 Å². The fourth-order valence-electron chi connectivity index (χ4n) is 2.33. The number of alkyl halides is 6. The molecule has 2 rings (SSSR count). The van der Waals surface area contributed by atoms with Gasteiger partial charge in [0.2, 0.25) is 0 Å². The molecule has 0 bridgehead atoms. The van der Waals surface area contributed by atoms with Gasteiger partial charge in [-0.2, -0.15) is 34.8 Å². The molecule has 0 radical (unpaired) electrons. The average Bonchev–Trinajstić information content (AvgIpc) is 3.22. The highest BCUT2D eigenvalue weighted by Crippen LogP contribution is 2.52. The van der Waals surface area contributed by atoms with Crippen molar-refractivity contribution in [3.05, 3.63) is 29.8 Å². The molecule has 0 spiro atoms. The number of hydrogen-bond acceptors (Lipinski definition) is 5. The van der Waals surface area contributed by atoms with Crippen LogP contribution in [0.3, 0.4) is 0 Å². The standard InChI is InChI=1S/C14H15F6NO5S/c1-21(2)9-5-3-8(4-6-9)10-11(25-10)26-12(13(15,16)17,14(18,19)20)7-27(22,23)24/h3-6,10-11H,7H2,1-2H3,(H,22,23,24). The van der Waals surface area contributed by atoms with Crippen LogP contribution in [0.5, 0.6) is 0 Å². The lowest BCUT2D eigenvalue weighted by atomic mass is 10.1. The predicted molar refractivity (Wildman–Crippen MR) is 80.7 cm³/mol. The van der Waals surface area contributed by atoms with Crippen LogP contribution in [0.25, 0.3) is 0 Å². The van der Waals surface area contributed by atoms with E-state index in [4.69, 9.17) is 9.29 Å². The molecular formula is C14H15F6NO5S. The van der Waals surface area contributed by atoms with Gasteiger partial charge in [-0.15, -0.1) is 0 Å². The minimum atomic E-state index is -6.17. The molecule has 2 unspecified atom stereocenters. The Morgan fingerprint density at radius 2 is 1.56 bits per heavy atom. The zero-order chi connectivity index (χ0) is 20.8. The largest absolute Gasteiger partial charge is 0.427 e. The number of rotatable bonds is 6. The molecule has 6 nitrogen and oxygen atoms in total. The molecule has 1 aliphatic rings. The third-order valence-electron chi connectivity index (χ3n) is 3.81. The Morgan fingerprint density at radius 3 is 1.93 bits per heavy atom. The van der Waals surface area contributed by atoms with Crippen LogP contribution < -0.4 is 4.90 Å². The molecule has 154 valence electrons. The van der Waals surface area contributed by atoms with Crippen LogP contribution in [0.4, 0.5) is 32.0 Å². The first kappa shape index (κ1) is 21.7. The lowest BCUT2D eigenvalue weighted by Gasteiger charge is -2.35. The summed E-state index contributed by atoms with van der Waals surface area (Å²) in [6, 6.07) is 5.98. The van der Waals surface area contributed by atoms with Gasteiger partial charge in [0.1, 0.15) is 11.9 Å². The van der Waals surface area contributed by atoms with Gasteiger partial charge >= 0.3 is 12.4 Å². The molecule has 27 heavy (non-hydrogen) atoms. The van der Waals surface area contributed by atoms with Crippen molar-refractivity contribution in [2.24, 2.45) is 0 Å². The van der Waals surface area contributed by atoms with Crippen LogP contribution in [0.1, 0.15) is 11.7 Å². The molecule has 1 aromatic carbocycles. The van der Waals surface area contributed by atoms with E-state index in [1.165, 1.54) is 12.1 Å². The topological polar surface area (TPSA) is 79.4 Å². The van der Waals surface area contributed by atoms with E-state index in [1.54, 1.807) is 31.1 Å². The van der Waals surface area contributed by atoms with Crippen molar-refractivity contribution in [2.45, 2.75) is 30.3 Å². The number of hydrogen-bond donors (Lipinski definition) is 1. The summed E-state index contributed by atoms with van der Waals surface area (Å²) < 4.78 is 118. The zero-order valence-electron chi connectivity index (χ0n) is 13.9. The molecule has 0 aromatic heterocycles. The van der Waals surface area contributed by atoms with Gasteiger partial charge < -0.3 is 14.4 Å². The third kappa shape index (κ3) is 4.65. The Labute approximate surface area is 150 Å². The molecule has 1 aliphatic heterocycles. The third-order valence-corrected chi connectivity index (χ3v) is 4.58. The van der Waals surface area contributed by atoms with Gasteiger partial charge in [0.25, 0.3) is 15.7 Å². The van der Waals surface area contributed by atoms with Crippen molar-refractivity contribution in [3.8, 4) is 0 Å². The van der Waals surface area contributed by atoms with Gasteiger partial charge in [-0.3, -0.25) is 4.55 Å². The van der Waals surface area contributed by atoms with Crippen molar-refractivity contribution in [1.82, 2.24) is 0 Å². The summed E-state index contributed by atoms with van der Waals surface area (Å²) in [7, 11) is -2.24. The fourth-order valence-corrected chi connectivity index (χ4v) is 3.24. The van der Waals surface area contributed by atoms with E-state index in [-0.39, 0.29) is 5.56 Å². The highest BCUT2D eigenvalue weighted by Gasteiger charge is 2.76. The minimum absolute atomic E-state index is 0.246. The summed E-state index contributed by atoms with van der Waals surface area (Å²) in [4.78, 5) is 1.72. The number of epoxide rings is 1. The van der Waals surface area contributed by atoms with Crippen molar-refractivity contribution in [3.63, 3.8) is 0 Å². The van der Waals surface area contributed by atoms with Gasteiger partial charge in [0.05, 0.1) is 0 Å². The summed E-state index contributed by atoms with van der Waals surface area (Å²) in [6.07, 6.45) is -15.6. The van der Waals surface area contributed by atoms with Gasteiger partial charge in [0, 0.05) is 19.8 Å². The maximum Gasteiger partial charge on any atom is 0.427 e. The summed E-state index contributed by atoms with van der Waals surface area (Å²) in [5, 5.41) is 0. The Hall–Kier alpha value is -1.57. The van der Waals surface area contributed by atoms with E-state index in [1.807, 2.05) is 0 Å². The molecular weight excluding hydrogens is 408 g/mol. The minimum Gasteiger partial charge on any atom is -0.378 e. The predicted octanol–water partition coefficient (Wildman–Crippen LogP) is 2.92. The summed E-state index contributed by atoms with van der Waals surface area (Å²) >= 11 is 0. The van der Waals surface area contributed by atoms with Gasteiger partial charge in [-0.25, -0.2) is 0 Å². The van der Waals surface area contributed by atoms with E-state index < -0.39 is 46.2 Å². The lowest BCUT2D eigenvalue weighted by molar-refractivity contribution is -0.380. The summed E-state index contributed by atoms with van der Waals surface area (Å²) in [6.45, 7) is 0. The quantitative estimate of drug-likeness (QED) is 0.431. The number of ether oxygens (including phenoxy) is 2. The maximum absolute atomic E-state index is 13.2. The summed E-state index contributed by atoms with van der Waals surface area (Å²) in [5.41, 5.74) is -4.16. The normalized spacial score (nSPS) is 21.2.